The van der Waals surface area contributed by atoms with Crippen LogP contribution in [0.3, 0.4) is 0 Å². The summed E-state index contributed by atoms with van der Waals surface area (Å²) in [5.41, 5.74) is 22.2. The van der Waals surface area contributed by atoms with E-state index in [-0.39, 0.29) is 13.4 Å². The highest BCUT2D eigenvalue weighted by atomic mass is 16.5. The summed E-state index contributed by atoms with van der Waals surface area (Å²) in [6.07, 6.45) is 0. The zero-order valence-corrected chi connectivity index (χ0v) is 47.7. The van der Waals surface area contributed by atoms with Crippen LogP contribution in [0.2, 0.25) is 0 Å². The highest BCUT2D eigenvalue weighted by Gasteiger charge is 2.51. The molecule has 7 nitrogen and oxygen atoms in total. The van der Waals surface area contributed by atoms with Crippen molar-refractivity contribution in [1.82, 2.24) is 0 Å². The van der Waals surface area contributed by atoms with Crippen molar-refractivity contribution in [1.29, 1.82) is 0 Å². The van der Waals surface area contributed by atoms with Crippen molar-refractivity contribution in [3.8, 4) is 34.5 Å². The van der Waals surface area contributed by atoms with Gasteiger partial charge in [0.1, 0.15) is 34.5 Å². The van der Waals surface area contributed by atoms with Gasteiger partial charge in [-0.3, -0.25) is 0 Å². The number of anilines is 12. The molecule has 13 aromatic carbocycles. The highest BCUT2D eigenvalue weighted by molar-refractivity contribution is 7.05. The van der Waals surface area contributed by atoms with Crippen LogP contribution in [0.25, 0.3) is 0 Å². The molecule has 0 spiro atoms. The van der Waals surface area contributed by atoms with Crippen molar-refractivity contribution in [3.63, 3.8) is 0 Å². The first-order valence-electron chi connectivity index (χ1n) is 30.2. The van der Waals surface area contributed by atoms with E-state index in [0.717, 1.165) is 141 Å². The Morgan fingerprint density at radius 3 is 0.932 bits per heavy atom. The minimum atomic E-state index is -0.396. The fourth-order valence-electron chi connectivity index (χ4n) is 14.6. The van der Waals surface area contributed by atoms with Crippen molar-refractivity contribution < 1.29 is 14.2 Å². The summed E-state index contributed by atoms with van der Waals surface area (Å²) in [6.45, 7) is -0.945. The van der Waals surface area contributed by atoms with E-state index in [4.69, 9.17) is 14.2 Å². The number of para-hydroxylation sites is 10. The predicted octanol–water partition coefficient (Wildman–Crippen LogP) is 14.1. The number of benzene rings is 13. The quantitative estimate of drug-likeness (QED) is 0.133. The normalized spacial score (nSPS) is 13.2. The van der Waals surface area contributed by atoms with Crippen LogP contribution in [0.1, 0.15) is 0 Å². The average molecular weight is 1120 g/mol. The molecule has 0 bridgehead atoms. The molecule has 18 rings (SSSR count). The monoisotopic (exact) mass is 1120 g/mol. The molecule has 0 N–H and O–H groups in total. The average Bonchev–Trinajstić information content (AvgIpc) is 0.744. The molecule has 0 aromatic heterocycles. The lowest BCUT2D eigenvalue weighted by molar-refractivity contribution is 0.472. The van der Waals surface area contributed by atoms with E-state index in [1.165, 1.54) is 10.9 Å². The molecule has 410 valence electrons. The maximum absolute atomic E-state index is 8.09. The number of rotatable bonds is 9. The van der Waals surface area contributed by atoms with Crippen LogP contribution in [-0.4, -0.2) is 20.1 Å². The van der Waals surface area contributed by atoms with E-state index in [9.17, 15) is 0 Å². The van der Waals surface area contributed by atoms with E-state index in [1.54, 1.807) is 0 Å². The fraction of sp³-hybridized carbons (Fsp3) is 0. The van der Waals surface area contributed by atoms with E-state index in [1.807, 2.05) is 0 Å². The van der Waals surface area contributed by atoms with Crippen LogP contribution in [0, 0.1) is 0 Å². The predicted molar refractivity (Wildman–Crippen MR) is 365 cm³/mol. The first-order valence-corrected chi connectivity index (χ1v) is 30.2. The second kappa shape index (κ2) is 20.2. The van der Waals surface area contributed by atoms with Gasteiger partial charge in [0.15, 0.2) is 0 Å². The SMILES string of the molecule is c1ccc(N(c2ccccc2)c2cc3c4c(c2)N(c2ccccc2)c2ccccc2B4c2cc4c(c(B5c6ccccc6Oc6ccccc65)c2O3)Oc2cc(N(c3ccccc3)c3ccccc3)cc3c2B4c2ccccc2N3c2ccccc2)cc1. The third kappa shape index (κ3) is 7.75. The topological polar surface area (TPSA) is 40.7 Å². The lowest BCUT2D eigenvalue weighted by atomic mass is 9.28. The third-order valence-corrected chi connectivity index (χ3v) is 18.2. The molecule has 5 aliphatic rings. The molecule has 5 heterocycles. The second-order valence-corrected chi connectivity index (χ2v) is 23.0. The van der Waals surface area contributed by atoms with Gasteiger partial charge in [-0.1, -0.05) is 188 Å². The molecule has 0 radical (unpaired) electrons. The van der Waals surface area contributed by atoms with Gasteiger partial charge in [-0.2, -0.15) is 0 Å². The Morgan fingerprint density at radius 1 is 0.227 bits per heavy atom. The molecule has 0 unspecified atom stereocenters. The van der Waals surface area contributed by atoms with E-state index >= 15 is 0 Å². The first-order chi connectivity index (χ1) is 43.7. The summed E-state index contributed by atoms with van der Waals surface area (Å²) in [5, 5.41) is 0. The van der Waals surface area contributed by atoms with Crippen LogP contribution >= 0.6 is 0 Å². The van der Waals surface area contributed by atoms with Crippen LogP contribution < -0.4 is 83.0 Å². The maximum Gasteiger partial charge on any atom is 0.260 e. The van der Waals surface area contributed by atoms with E-state index in [2.05, 4.69) is 329 Å². The number of hydrogen-bond donors (Lipinski definition) is 0. The summed E-state index contributed by atoms with van der Waals surface area (Å²) < 4.78 is 23.1. The summed E-state index contributed by atoms with van der Waals surface area (Å²) >= 11 is 0. The van der Waals surface area contributed by atoms with Crippen molar-refractivity contribution in [3.05, 3.63) is 309 Å². The lowest BCUT2D eigenvalue weighted by Crippen LogP contribution is -2.67. The zero-order valence-electron chi connectivity index (χ0n) is 47.7. The van der Waals surface area contributed by atoms with Gasteiger partial charge in [-0.15, -0.1) is 0 Å². The summed E-state index contributed by atoms with van der Waals surface area (Å²) in [7, 11) is 0. The van der Waals surface area contributed by atoms with Crippen LogP contribution in [0.15, 0.2) is 309 Å². The first kappa shape index (κ1) is 50.0. The van der Waals surface area contributed by atoms with Gasteiger partial charge < -0.3 is 33.8 Å². The van der Waals surface area contributed by atoms with Gasteiger partial charge >= 0.3 is 0 Å². The molecule has 10 heteroatoms. The molecular formula is C78H51B3N4O3. The van der Waals surface area contributed by atoms with Crippen LogP contribution in [0.5, 0.6) is 34.5 Å². The standard InChI is InChI=1S/C78H51B3N4O3/c1-7-27-52(28-8-1)82(53-29-9-2-10-30-53)58-47-68-74-72(49-58)87-77-64(79(74)60-39-19-23-43-66(60)84(68)56-35-15-5-16-36-56)51-65-78(76(77)81-62-41-21-25-45-70(62)86-71-46-26-22-42-63(71)81)88-73-50-59(83(54-31-11-3-12-32-54)55-33-13-4-14-34-55)48-69-75(73)80(65)61-40-20-24-44-67(61)85(69)57-37-17-6-18-38-57/h1-51H. The van der Waals surface area contributed by atoms with Gasteiger partial charge in [0, 0.05) is 74.5 Å². The van der Waals surface area contributed by atoms with E-state index < -0.39 is 6.71 Å². The Hall–Kier alpha value is -11.3. The molecule has 0 atom stereocenters. The number of nitrogens with zero attached hydrogens (tertiary/aromatic N) is 4. The summed E-state index contributed by atoms with van der Waals surface area (Å²) in [4.78, 5) is 9.56. The minimum absolute atomic E-state index is 0.275. The highest BCUT2D eigenvalue weighted by Crippen LogP contribution is 2.49. The van der Waals surface area contributed by atoms with Crippen molar-refractivity contribution >= 4 is 138 Å². The largest absolute Gasteiger partial charge is 0.459 e. The Kier molecular flexibility index (Phi) is 11.5. The van der Waals surface area contributed by atoms with Gasteiger partial charge in [-0.05, 0) is 153 Å². The summed E-state index contributed by atoms with van der Waals surface area (Å²) in [5.74, 6) is 4.69. The van der Waals surface area contributed by atoms with Crippen molar-refractivity contribution in [2.45, 2.75) is 0 Å². The molecule has 0 amide bonds. The Morgan fingerprint density at radius 2 is 0.545 bits per heavy atom. The van der Waals surface area contributed by atoms with Gasteiger partial charge in [0.25, 0.3) is 20.1 Å². The van der Waals surface area contributed by atoms with Crippen molar-refractivity contribution in [2.24, 2.45) is 0 Å². The molecule has 0 fully saturated rings. The molecular weight excluding hydrogens is 1070 g/mol. The number of fused-ring (bicyclic) bond motifs is 10. The minimum Gasteiger partial charge on any atom is -0.459 e. The smallest absolute Gasteiger partial charge is 0.260 e. The molecule has 88 heavy (non-hydrogen) atoms. The Balaban J connectivity index is 0.962. The van der Waals surface area contributed by atoms with Gasteiger partial charge in [-0.25, -0.2) is 0 Å². The van der Waals surface area contributed by atoms with Crippen LogP contribution in [0.4, 0.5) is 68.2 Å². The molecule has 5 aliphatic heterocycles. The second-order valence-electron chi connectivity index (χ2n) is 23.0. The lowest BCUT2D eigenvalue weighted by Gasteiger charge is -2.44. The van der Waals surface area contributed by atoms with Gasteiger partial charge in [0.05, 0.1) is 11.4 Å². The van der Waals surface area contributed by atoms with Gasteiger partial charge in [0.2, 0.25) is 0 Å². The number of ether oxygens (including phenoxy) is 3. The number of hydrogen-bond acceptors (Lipinski definition) is 7. The van der Waals surface area contributed by atoms with Crippen LogP contribution in [-0.2, 0) is 0 Å². The molecule has 13 aromatic rings. The molecule has 0 saturated carbocycles. The zero-order chi connectivity index (χ0) is 57.8. The third-order valence-electron chi connectivity index (χ3n) is 18.2. The molecule has 0 aliphatic carbocycles. The van der Waals surface area contributed by atoms with Crippen molar-refractivity contribution in [2.75, 3.05) is 19.6 Å². The van der Waals surface area contributed by atoms with E-state index in [0.29, 0.717) is 0 Å². The Bertz CT molecular complexity index is 4510. The fourth-order valence-corrected chi connectivity index (χ4v) is 14.6. The summed E-state index contributed by atoms with van der Waals surface area (Å²) in [6, 6.07) is 111. The molecule has 0 saturated heterocycles. The maximum atomic E-state index is 8.09. The Labute approximate surface area is 512 Å².